The lowest BCUT2D eigenvalue weighted by Gasteiger charge is -2.10. The summed E-state index contributed by atoms with van der Waals surface area (Å²) in [6.45, 7) is 4.57. The topological polar surface area (TPSA) is 0 Å². The zero-order chi connectivity index (χ0) is 16.8. The number of hydrogen-bond donors (Lipinski definition) is 0. The van der Waals surface area contributed by atoms with E-state index in [1.54, 1.807) is 22.1 Å². The summed E-state index contributed by atoms with van der Waals surface area (Å²) in [5, 5.41) is 3.06. The highest BCUT2D eigenvalue weighted by molar-refractivity contribution is 5.92. The van der Waals surface area contributed by atoms with Gasteiger partial charge in [-0.05, 0) is 65.6 Å². The first-order valence-corrected chi connectivity index (χ1v) is 10.3. The fraction of sp³-hybridized carbons (Fsp3) is 0.583. The van der Waals surface area contributed by atoms with Crippen LogP contribution in [-0.4, -0.2) is 0 Å². The Morgan fingerprint density at radius 1 is 0.708 bits per heavy atom. The van der Waals surface area contributed by atoms with Crippen LogP contribution in [0.1, 0.15) is 87.0 Å². The summed E-state index contributed by atoms with van der Waals surface area (Å²) in [5.41, 5.74) is 6.42. The molecule has 1 aliphatic rings. The molecular weight excluding hydrogens is 288 g/mol. The lowest BCUT2D eigenvalue weighted by molar-refractivity contribution is 0.564. The third-order valence-corrected chi connectivity index (χ3v) is 5.91. The van der Waals surface area contributed by atoms with Crippen LogP contribution in [0.5, 0.6) is 0 Å². The van der Waals surface area contributed by atoms with Crippen LogP contribution in [0.25, 0.3) is 10.8 Å². The predicted molar refractivity (Wildman–Crippen MR) is 107 cm³/mol. The van der Waals surface area contributed by atoms with Crippen LogP contribution >= 0.6 is 0 Å². The molecule has 24 heavy (non-hydrogen) atoms. The maximum atomic E-state index is 2.41. The van der Waals surface area contributed by atoms with Gasteiger partial charge in [-0.1, -0.05) is 82.6 Å². The van der Waals surface area contributed by atoms with E-state index in [-0.39, 0.29) is 0 Å². The summed E-state index contributed by atoms with van der Waals surface area (Å²) in [4.78, 5) is 0. The lowest BCUT2D eigenvalue weighted by atomic mass is 9.95. The molecule has 0 atom stereocenters. The molecule has 1 aliphatic carbocycles. The normalized spacial score (nSPS) is 13.1. The highest BCUT2D eigenvalue weighted by Gasteiger charge is 2.18. The van der Waals surface area contributed by atoms with Crippen LogP contribution < -0.4 is 0 Å². The Hall–Kier alpha value is -1.30. The molecule has 3 rings (SSSR count). The fourth-order valence-electron chi connectivity index (χ4n) is 4.43. The molecule has 0 fully saturated rings. The summed E-state index contributed by atoms with van der Waals surface area (Å²) in [5.74, 6) is 0. The molecule has 0 radical (unpaired) electrons. The third-order valence-electron chi connectivity index (χ3n) is 5.91. The Balaban J connectivity index is 1.47. The fourth-order valence-corrected chi connectivity index (χ4v) is 4.43. The van der Waals surface area contributed by atoms with Crippen LogP contribution in [0.15, 0.2) is 24.3 Å². The Bertz CT molecular complexity index is 665. The van der Waals surface area contributed by atoms with E-state index in [9.17, 15) is 0 Å². The van der Waals surface area contributed by atoms with E-state index >= 15 is 0 Å². The molecule has 0 amide bonds. The monoisotopic (exact) mass is 322 g/mol. The molecule has 0 N–H and O–H groups in total. The molecule has 2 aromatic rings. The van der Waals surface area contributed by atoms with Gasteiger partial charge in [0.05, 0.1) is 0 Å². The number of unbranched alkanes of at least 4 members (excludes halogenated alkanes) is 8. The molecule has 0 saturated carbocycles. The molecule has 0 unspecified atom stereocenters. The maximum Gasteiger partial charge on any atom is -0.0114 e. The minimum atomic E-state index is 1.26. The number of benzene rings is 2. The van der Waals surface area contributed by atoms with Crippen LogP contribution in [-0.2, 0) is 19.3 Å². The van der Waals surface area contributed by atoms with Crippen LogP contribution in [0, 0.1) is 6.92 Å². The smallest absolute Gasteiger partial charge is 0.0114 e. The van der Waals surface area contributed by atoms with E-state index in [1.165, 1.54) is 88.0 Å². The molecule has 0 saturated heterocycles. The van der Waals surface area contributed by atoms with E-state index in [1.807, 2.05) is 0 Å². The molecule has 0 nitrogen and oxygen atoms in total. The van der Waals surface area contributed by atoms with Crippen molar-refractivity contribution in [3.8, 4) is 0 Å². The average molecular weight is 323 g/mol. The van der Waals surface area contributed by atoms with Gasteiger partial charge in [0, 0.05) is 0 Å². The summed E-state index contributed by atoms with van der Waals surface area (Å²) in [7, 11) is 0. The Morgan fingerprint density at radius 3 is 2.08 bits per heavy atom. The first kappa shape index (κ1) is 17.5. The van der Waals surface area contributed by atoms with Crippen LogP contribution in [0.3, 0.4) is 0 Å². The highest BCUT2D eigenvalue weighted by atomic mass is 14.2. The van der Waals surface area contributed by atoms with E-state index in [2.05, 4.69) is 38.1 Å². The van der Waals surface area contributed by atoms with E-state index in [0.29, 0.717) is 0 Å². The first-order chi connectivity index (χ1) is 11.8. The largest absolute Gasteiger partial charge is 0.0654 e. The molecule has 2 aromatic carbocycles. The summed E-state index contributed by atoms with van der Waals surface area (Å²) in [6.07, 6.45) is 16.6. The molecule has 0 aliphatic heterocycles. The summed E-state index contributed by atoms with van der Waals surface area (Å²) in [6, 6.07) is 9.38. The molecular formula is C24H34. The van der Waals surface area contributed by atoms with Crippen molar-refractivity contribution in [2.75, 3.05) is 0 Å². The van der Waals surface area contributed by atoms with Gasteiger partial charge in [0.1, 0.15) is 0 Å². The average Bonchev–Trinajstić information content (AvgIpc) is 3.05. The van der Waals surface area contributed by atoms with Crippen molar-refractivity contribution in [3.63, 3.8) is 0 Å². The minimum absolute atomic E-state index is 1.26. The van der Waals surface area contributed by atoms with Gasteiger partial charge in [-0.25, -0.2) is 0 Å². The predicted octanol–water partition coefficient (Wildman–Crippen LogP) is 7.32. The van der Waals surface area contributed by atoms with Gasteiger partial charge in [-0.2, -0.15) is 0 Å². The molecule has 0 heterocycles. The zero-order valence-electron chi connectivity index (χ0n) is 15.8. The zero-order valence-corrected chi connectivity index (χ0v) is 15.8. The first-order valence-electron chi connectivity index (χ1n) is 10.3. The van der Waals surface area contributed by atoms with Gasteiger partial charge in [-0.3, -0.25) is 0 Å². The Kier molecular flexibility index (Phi) is 6.35. The molecule has 0 bridgehead atoms. The van der Waals surface area contributed by atoms with Crippen molar-refractivity contribution >= 4 is 10.8 Å². The highest BCUT2D eigenvalue weighted by Crippen LogP contribution is 2.35. The van der Waals surface area contributed by atoms with E-state index in [4.69, 9.17) is 0 Å². The summed E-state index contributed by atoms with van der Waals surface area (Å²) >= 11 is 0. The van der Waals surface area contributed by atoms with Gasteiger partial charge in [0.2, 0.25) is 0 Å². The lowest BCUT2D eigenvalue weighted by Crippen LogP contribution is -1.93. The number of aryl methyl sites for hydroxylation is 4. The van der Waals surface area contributed by atoms with Gasteiger partial charge in [0.15, 0.2) is 0 Å². The standard InChI is InChI=1S/C24H34/c1-3-4-5-6-7-8-9-10-11-12-20-15-16-21-14-13-19(2)22-17-18-23(20)24(21)22/h13-16H,3-12,17-18H2,1-2H3. The Labute approximate surface area is 148 Å². The van der Waals surface area contributed by atoms with Crippen molar-refractivity contribution < 1.29 is 0 Å². The molecule has 0 spiro atoms. The van der Waals surface area contributed by atoms with Crippen molar-refractivity contribution in [2.24, 2.45) is 0 Å². The van der Waals surface area contributed by atoms with Crippen LogP contribution in [0.4, 0.5) is 0 Å². The second kappa shape index (κ2) is 8.70. The van der Waals surface area contributed by atoms with Crippen LogP contribution in [0.2, 0.25) is 0 Å². The minimum Gasteiger partial charge on any atom is -0.0654 e. The van der Waals surface area contributed by atoms with Gasteiger partial charge in [0.25, 0.3) is 0 Å². The second-order valence-corrected chi connectivity index (χ2v) is 7.74. The molecule has 130 valence electrons. The van der Waals surface area contributed by atoms with Gasteiger partial charge < -0.3 is 0 Å². The van der Waals surface area contributed by atoms with Crippen molar-refractivity contribution in [3.05, 3.63) is 46.5 Å². The number of rotatable bonds is 10. The molecule has 0 heteroatoms. The quantitative estimate of drug-likeness (QED) is 0.402. The van der Waals surface area contributed by atoms with Crippen molar-refractivity contribution in [1.82, 2.24) is 0 Å². The summed E-state index contributed by atoms with van der Waals surface area (Å²) < 4.78 is 0. The third kappa shape index (κ3) is 4.02. The van der Waals surface area contributed by atoms with Crippen molar-refractivity contribution in [1.29, 1.82) is 0 Å². The SMILES string of the molecule is CCCCCCCCCCCc1ccc2ccc(C)c3c2c1CC3. The Morgan fingerprint density at radius 2 is 1.33 bits per heavy atom. The van der Waals surface area contributed by atoms with Crippen molar-refractivity contribution in [2.45, 2.75) is 90.9 Å². The number of hydrogen-bond acceptors (Lipinski definition) is 0. The van der Waals surface area contributed by atoms with E-state index < -0.39 is 0 Å². The second-order valence-electron chi connectivity index (χ2n) is 7.74. The van der Waals surface area contributed by atoms with Gasteiger partial charge >= 0.3 is 0 Å². The molecule has 0 aromatic heterocycles. The van der Waals surface area contributed by atoms with E-state index in [0.717, 1.165) is 0 Å². The maximum absolute atomic E-state index is 2.41. The van der Waals surface area contributed by atoms with Gasteiger partial charge in [-0.15, -0.1) is 0 Å².